The summed E-state index contributed by atoms with van der Waals surface area (Å²) >= 11 is 0. The van der Waals surface area contributed by atoms with Crippen molar-refractivity contribution < 1.29 is 14.6 Å². The van der Waals surface area contributed by atoms with E-state index in [1.807, 2.05) is 26.8 Å². The molecule has 0 bridgehead atoms. The fraction of sp³-hybridized carbons (Fsp3) is 0.889. The van der Waals surface area contributed by atoms with E-state index in [1.54, 1.807) is 0 Å². The van der Waals surface area contributed by atoms with E-state index in [0.29, 0.717) is 30.1 Å². The summed E-state index contributed by atoms with van der Waals surface area (Å²) in [5, 5.41) is 10.8. The zero-order valence-corrected chi connectivity index (χ0v) is 20.0. The molecule has 4 aliphatic rings. The molecule has 0 aromatic heterocycles. The third-order valence-electron chi connectivity index (χ3n) is 8.88. The van der Waals surface area contributed by atoms with Gasteiger partial charge in [-0.3, -0.25) is 4.79 Å². The minimum absolute atomic E-state index is 0.0348. The van der Waals surface area contributed by atoms with Crippen molar-refractivity contribution in [3.05, 3.63) is 12.2 Å². The van der Waals surface area contributed by atoms with Crippen LogP contribution in [0.3, 0.4) is 0 Å². The van der Waals surface area contributed by atoms with Crippen LogP contribution in [0, 0.1) is 35.0 Å². The van der Waals surface area contributed by atoms with Crippen LogP contribution in [0.1, 0.15) is 105 Å². The van der Waals surface area contributed by atoms with Crippen molar-refractivity contribution in [2.24, 2.45) is 35.0 Å². The van der Waals surface area contributed by atoms with Crippen molar-refractivity contribution >= 4 is 5.78 Å². The van der Waals surface area contributed by atoms with Gasteiger partial charge in [0, 0.05) is 24.9 Å². The van der Waals surface area contributed by atoms with Crippen LogP contribution in [0.15, 0.2) is 12.2 Å². The number of ketones is 1. The molecule has 7 unspecified atom stereocenters. The van der Waals surface area contributed by atoms with Crippen molar-refractivity contribution in [1.82, 2.24) is 0 Å². The van der Waals surface area contributed by atoms with Gasteiger partial charge in [-0.2, -0.15) is 0 Å². The topological polar surface area (TPSA) is 46.5 Å². The number of aliphatic hydroxyl groups is 1. The van der Waals surface area contributed by atoms with Crippen molar-refractivity contribution in [2.45, 2.75) is 111 Å². The predicted octanol–water partition coefficient (Wildman–Crippen LogP) is 6.69. The van der Waals surface area contributed by atoms with Crippen molar-refractivity contribution in [2.75, 3.05) is 6.61 Å². The molecule has 3 fully saturated rings. The zero-order valence-electron chi connectivity index (χ0n) is 20.0. The van der Waals surface area contributed by atoms with E-state index in [4.69, 9.17) is 4.74 Å². The normalized spacial score (nSPS) is 43.2. The smallest absolute Gasteiger partial charge is 0.185 e. The maximum atomic E-state index is 12.9. The van der Waals surface area contributed by atoms with Crippen LogP contribution in [0.2, 0.25) is 0 Å². The Balaban J connectivity index is 0.00000124. The molecule has 0 amide bonds. The summed E-state index contributed by atoms with van der Waals surface area (Å²) < 4.78 is 5.67. The summed E-state index contributed by atoms with van der Waals surface area (Å²) in [4.78, 5) is 12.9. The van der Waals surface area contributed by atoms with Crippen molar-refractivity contribution in [3.63, 3.8) is 0 Å². The number of fused-ring (bicyclic) bond motifs is 4. The molecule has 3 nitrogen and oxygen atoms in total. The third kappa shape index (κ3) is 4.58. The molecule has 0 aliphatic heterocycles. The molecular formula is C27H46O3. The van der Waals surface area contributed by atoms with Crippen LogP contribution in [-0.2, 0) is 9.53 Å². The fourth-order valence-corrected chi connectivity index (χ4v) is 7.67. The van der Waals surface area contributed by atoms with Crippen LogP contribution in [0.5, 0.6) is 0 Å². The van der Waals surface area contributed by atoms with E-state index in [-0.39, 0.29) is 5.41 Å². The van der Waals surface area contributed by atoms with Gasteiger partial charge in [0.05, 0.1) is 0 Å². The Labute approximate surface area is 185 Å². The predicted molar refractivity (Wildman–Crippen MR) is 123 cm³/mol. The quantitative estimate of drug-likeness (QED) is 0.409. The highest BCUT2D eigenvalue weighted by molar-refractivity contribution is 5.87. The van der Waals surface area contributed by atoms with Crippen LogP contribution in [-0.4, -0.2) is 23.3 Å². The number of Topliss-reactive ketones (excluding diaryl/α,β-unsaturated/α-hetero) is 1. The van der Waals surface area contributed by atoms with Gasteiger partial charge < -0.3 is 9.84 Å². The van der Waals surface area contributed by atoms with Crippen molar-refractivity contribution in [1.29, 1.82) is 0 Å². The molecular weight excluding hydrogens is 372 g/mol. The number of carbonyl (C=O) groups is 1. The van der Waals surface area contributed by atoms with Crippen LogP contribution in [0.4, 0.5) is 0 Å². The highest BCUT2D eigenvalue weighted by Gasteiger charge is 2.55. The summed E-state index contributed by atoms with van der Waals surface area (Å²) in [5.41, 5.74) is 0.0348. The minimum Gasteiger partial charge on any atom is -0.362 e. The molecule has 0 saturated heterocycles. The lowest BCUT2D eigenvalue weighted by Gasteiger charge is -2.49. The fourth-order valence-electron chi connectivity index (χ4n) is 7.67. The van der Waals surface area contributed by atoms with E-state index in [9.17, 15) is 9.90 Å². The molecule has 1 N–H and O–H groups in total. The lowest BCUT2D eigenvalue weighted by molar-refractivity contribution is -0.168. The average molecular weight is 419 g/mol. The summed E-state index contributed by atoms with van der Waals surface area (Å²) in [7, 11) is 0. The average Bonchev–Trinajstić information content (AvgIpc) is 2.97. The Morgan fingerprint density at radius 2 is 1.83 bits per heavy atom. The Morgan fingerprint density at radius 1 is 1.07 bits per heavy atom. The first-order chi connectivity index (χ1) is 14.5. The molecule has 0 heterocycles. The number of carbonyl (C=O) groups excluding carboxylic acids is 1. The number of allylic oxidation sites excluding steroid dienone is 1. The third-order valence-corrected chi connectivity index (χ3v) is 8.88. The monoisotopic (exact) mass is 418 g/mol. The SMILES string of the molecule is CC.CCCC12CCC3CC4CCC(O)(OCC)C=CC4CCCC3C1CCC2=O. The van der Waals surface area contributed by atoms with Gasteiger partial charge in [-0.1, -0.05) is 39.7 Å². The Kier molecular flexibility index (Phi) is 8.23. The summed E-state index contributed by atoms with van der Waals surface area (Å²) in [5.74, 6) is 2.97. The van der Waals surface area contributed by atoms with Crippen LogP contribution < -0.4 is 0 Å². The standard InChI is InChI=1S/C25H40O3.C2H6/c1-3-13-24-14-10-20-17-19-12-16-25(27,28-4-2)15-11-18(19)6-5-7-21(20)22(24)8-9-23(24)26;1-2/h11,15,18-22,27H,3-10,12-14,16-17H2,1-2H3;1-2H3. The first kappa shape index (κ1) is 24.0. The highest BCUT2D eigenvalue weighted by atomic mass is 16.6. The van der Waals surface area contributed by atoms with Crippen molar-refractivity contribution in [3.8, 4) is 0 Å². The number of ether oxygens (including phenoxy) is 1. The molecule has 0 aromatic rings. The number of hydrogen-bond donors (Lipinski definition) is 1. The molecule has 172 valence electrons. The second-order valence-electron chi connectivity index (χ2n) is 10.2. The molecule has 4 aliphatic carbocycles. The first-order valence-corrected chi connectivity index (χ1v) is 13.1. The molecule has 0 aromatic carbocycles. The minimum atomic E-state index is -1.06. The molecule has 4 rings (SSSR count). The Hall–Kier alpha value is -0.670. The van der Waals surface area contributed by atoms with Gasteiger partial charge in [-0.25, -0.2) is 0 Å². The largest absolute Gasteiger partial charge is 0.362 e. The molecule has 3 saturated carbocycles. The van der Waals surface area contributed by atoms with E-state index in [0.717, 1.165) is 56.8 Å². The molecule has 0 spiro atoms. The van der Waals surface area contributed by atoms with Gasteiger partial charge in [-0.05, 0) is 94.0 Å². The van der Waals surface area contributed by atoms with Gasteiger partial charge in [0.1, 0.15) is 5.78 Å². The maximum Gasteiger partial charge on any atom is 0.185 e. The van der Waals surface area contributed by atoms with Gasteiger partial charge in [0.15, 0.2) is 5.79 Å². The maximum absolute atomic E-state index is 12.9. The van der Waals surface area contributed by atoms with E-state index >= 15 is 0 Å². The summed E-state index contributed by atoms with van der Waals surface area (Å²) in [6.45, 7) is 8.76. The number of hydrogen-bond acceptors (Lipinski definition) is 3. The summed E-state index contributed by atoms with van der Waals surface area (Å²) in [6, 6.07) is 0. The van der Waals surface area contributed by atoms with E-state index in [2.05, 4.69) is 13.0 Å². The van der Waals surface area contributed by atoms with E-state index in [1.165, 1.54) is 32.1 Å². The number of rotatable bonds is 4. The van der Waals surface area contributed by atoms with Gasteiger partial charge in [-0.15, -0.1) is 0 Å². The highest BCUT2D eigenvalue weighted by Crippen LogP contribution is 2.60. The zero-order chi connectivity index (χ0) is 21.8. The lowest BCUT2D eigenvalue weighted by atomic mass is 9.54. The van der Waals surface area contributed by atoms with Crippen LogP contribution in [0.25, 0.3) is 0 Å². The molecule has 7 atom stereocenters. The Morgan fingerprint density at radius 3 is 2.57 bits per heavy atom. The molecule has 30 heavy (non-hydrogen) atoms. The van der Waals surface area contributed by atoms with Gasteiger partial charge in [0.2, 0.25) is 0 Å². The summed E-state index contributed by atoms with van der Waals surface area (Å²) in [6.07, 6.45) is 17.7. The van der Waals surface area contributed by atoms with E-state index < -0.39 is 5.79 Å². The lowest BCUT2D eigenvalue weighted by Crippen LogP contribution is -2.44. The molecule has 3 heteroatoms. The Bertz CT molecular complexity index is 599. The first-order valence-electron chi connectivity index (χ1n) is 13.1. The second-order valence-corrected chi connectivity index (χ2v) is 10.2. The van der Waals surface area contributed by atoms with Gasteiger partial charge >= 0.3 is 0 Å². The van der Waals surface area contributed by atoms with Gasteiger partial charge in [0.25, 0.3) is 0 Å². The van der Waals surface area contributed by atoms with Crippen LogP contribution >= 0.6 is 0 Å². The molecule has 0 radical (unpaired) electrons. The second kappa shape index (κ2) is 10.3.